The lowest BCUT2D eigenvalue weighted by atomic mass is 9.81. The Morgan fingerprint density at radius 3 is 2.12 bits per heavy atom. The minimum atomic E-state index is 0. The first-order valence-electron chi connectivity index (χ1n) is 5.86. The summed E-state index contributed by atoms with van der Waals surface area (Å²) in [4.78, 5) is 14.1. The molecule has 1 atom stereocenters. The molecule has 3 nitrogen and oxygen atoms in total. The predicted octanol–water partition coefficient (Wildman–Crippen LogP) is 2.04. The fourth-order valence-corrected chi connectivity index (χ4v) is 1.76. The highest BCUT2D eigenvalue weighted by Gasteiger charge is 2.31. The van der Waals surface area contributed by atoms with Gasteiger partial charge in [-0.1, -0.05) is 27.7 Å². The van der Waals surface area contributed by atoms with E-state index in [2.05, 4.69) is 20.8 Å². The van der Waals surface area contributed by atoms with E-state index in [0.29, 0.717) is 6.04 Å². The zero-order valence-corrected chi connectivity index (χ0v) is 11.6. The third kappa shape index (κ3) is 3.95. The molecule has 1 rings (SSSR count). The highest BCUT2D eigenvalue weighted by Crippen LogP contribution is 2.27. The maximum atomic E-state index is 12.1. The maximum absolute atomic E-state index is 12.1. The summed E-state index contributed by atoms with van der Waals surface area (Å²) in [6.45, 7) is 10.0. The van der Waals surface area contributed by atoms with Gasteiger partial charge in [0.25, 0.3) is 0 Å². The molecule has 1 saturated heterocycles. The van der Waals surface area contributed by atoms with Gasteiger partial charge in [-0.2, -0.15) is 0 Å². The van der Waals surface area contributed by atoms with Gasteiger partial charge in [0.1, 0.15) is 0 Å². The molecule has 0 saturated carbocycles. The summed E-state index contributed by atoms with van der Waals surface area (Å²) in [7, 11) is 0. The molecule has 2 N–H and O–H groups in total. The Labute approximate surface area is 105 Å². The van der Waals surface area contributed by atoms with Gasteiger partial charge in [0, 0.05) is 25.0 Å². The Bertz CT molecular complexity index is 230. The van der Waals surface area contributed by atoms with Gasteiger partial charge in [0.2, 0.25) is 5.91 Å². The Kier molecular flexibility index (Phi) is 5.77. The van der Waals surface area contributed by atoms with Crippen molar-refractivity contribution in [3.05, 3.63) is 0 Å². The van der Waals surface area contributed by atoms with E-state index in [1.165, 1.54) is 0 Å². The first-order chi connectivity index (χ1) is 6.82. The van der Waals surface area contributed by atoms with Crippen LogP contribution in [0.2, 0.25) is 0 Å². The van der Waals surface area contributed by atoms with Crippen molar-refractivity contribution in [3.63, 3.8) is 0 Å². The normalized spacial score (nSPS) is 20.2. The molecule has 0 radical (unpaired) electrons. The zero-order valence-electron chi connectivity index (χ0n) is 10.8. The SMILES string of the molecule is CC(C(=O)N1CCC(N)CC1)C(C)(C)C.Cl. The van der Waals surface area contributed by atoms with Crippen LogP contribution in [0.5, 0.6) is 0 Å². The monoisotopic (exact) mass is 248 g/mol. The predicted molar refractivity (Wildman–Crippen MR) is 69.7 cm³/mol. The van der Waals surface area contributed by atoms with E-state index < -0.39 is 0 Å². The van der Waals surface area contributed by atoms with Crippen LogP contribution in [-0.4, -0.2) is 29.9 Å². The van der Waals surface area contributed by atoms with Crippen molar-refractivity contribution in [2.75, 3.05) is 13.1 Å². The Morgan fingerprint density at radius 1 is 1.31 bits per heavy atom. The number of rotatable bonds is 1. The fourth-order valence-electron chi connectivity index (χ4n) is 1.76. The molecular weight excluding hydrogens is 224 g/mol. The molecule has 0 bridgehead atoms. The Morgan fingerprint density at radius 2 is 1.75 bits per heavy atom. The van der Waals surface area contributed by atoms with E-state index in [-0.39, 0.29) is 29.6 Å². The molecule has 1 fully saturated rings. The number of hydrogen-bond donors (Lipinski definition) is 1. The van der Waals surface area contributed by atoms with Crippen LogP contribution in [0.4, 0.5) is 0 Å². The summed E-state index contributed by atoms with van der Waals surface area (Å²) < 4.78 is 0. The van der Waals surface area contributed by atoms with Gasteiger partial charge in [0.15, 0.2) is 0 Å². The van der Waals surface area contributed by atoms with Crippen LogP contribution in [0.25, 0.3) is 0 Å². The quantitative estimate of drug-likeness (QED) is 0.772. The number of carbonyl (C=O) groups excluding carboxylic acids is 1. The third-order valence-electron chi connectivity index (χ3n) is 3.52. The first-order valence-corrected chi connectivity index (χ1v) is 5.86. The second-order valence-corrected chi connectivity index (χ2v) is 5.75. The smallest absolute Gasteiger partial charge is 0.225 e. The van der Waals surface area contributed by atoms with Crippen molar-refractivity contribution in [3.8, 4) is 0 Å². The molecule has 1 unspecified atom stereocenters. The standard InChI is InChI=1S/C12H24N2O.ClH/c1-9(12(2,3)4)11(15)14-7-5-10(13)6-8-14;/h9-10H,5-8,13H2,1-4H3;1H. The zero-order chi connectivity index (χ0) is 11.6. The molecule has 96 valence electrons. The van der Waals surface area contributed by atoms with E-state index in [1.807, 2.05) is 11.8 Å². The number of amides is 1. The van der Waals surface area contributed by atoms with E-state index in [1.54, 1.807) is 0 Å². The average Bonchev–Trinajstić information content (AvgIpc) is 2.15. The molecule has 0 aromatic rings. The van der Waals surface area contributed by atoms with E-state index in [4.69, 9.17) is 5.73 Å². The van der Waals surface area contributed by atoms with Crippen LogP contribution in [-0.2, 0) is 4.79 Å². The van der Waals surface area contributed by atoms with Crippen LogP contribution in [0, 0.1) is 11.3 Å². The van der Waals surface area contributed by atoms with Crippen LogP contribution < -0.4 is 5.73 Å². The fraction of sp³-hybridized carbons (Fsp3) is 0.917. The van der Waals surface area contributed by atoms with Gasteiger partial charge in [-0.05, 0) is 18.3 Å². The molecule has 4 heteroatoms. The number of nitrogens with zero attached hydrogens (tertiary/aromatic N) is 1. The Balaban J connectivity index is 0.00000225. The molecule has 0 aliphatic carbocycles. The van der Waals surface area contributed by atoms with Gasteiger partial charge in [-0.15, -0.1) is 12.4 Å². The number of carbonyl (C=O) groups is 1. The van der Waals surface area contributed by atoms with Crippen molar-refractivity contribution in [2.24, 2.45) is 17.1 Å². The van der Waals surface area contributed by atoms with E-state index >= 15 is 0 Å². The van der Waals surface area contributed by atoms with E-state index in [0.717, 1.165) is 25.9 Å². The van der Waals surface area contributed by atoms with Crippen molar-refractivity contribution >= 4 is 18.3 Å². The molecular formula is C12H25ClN2O. The molecule has 1 amide bonds. The van der Waals surface area contributed by atoms with Crippen molar-refractivity contribution in [1.82, 2.24) is 4.90 Å². The largest absolute Gasteiger partial charge is 0.342 e. The van der Waals surface area contributed by atoms with Gasteiger partial charge in [0.05, 0.1) is 0 Å². The van der Waals surface area contributed by atoms with E-state index in [9.17, 15) is 4.79 Å². The van der Waals surface area contributed by atoms with Crippen LogP contribution in [0.15, 0.2) is 0 Å². The average molecular weight is 249 g/mol. The molecule has 16 heavy (non-hydrogen) atoms. The van der Waals surface area contributed by atoms with Gasteiger partial charge in [-0.3, -0.25) is 4.79 Å². The number of likely N-dealkylation sites (tertiary alicyclic amines) is 1. The summed E-state index contributed by atoms with van der Waals surface area (Å²) in [6.07, 6.45) is 1.89. The number of nitrogens with two attached hydrogens (primary N) is 1. The molecule has 0 spiro atoms. The number of halogens is 1. The van der Waals surface area contributed by atoms with Crippen LogP contribution >= 0.6 is 12.4 Å². The van der Waals surface area contributed by atoms with Crippen LogP contribution in [0.1, 0.15) is 40.5 Å². The topological polar surface area (TPSA) is 46.3 Å². The van der Waals surface area contributed by atoms with Crippen molar-refractivity contribution < 1.29 is 4.79 Å². The summed E-state index contributed by atoms with van der Waals surface area (Å²) in [5.74, 6) is 0.376. The second-order valence-electron chi connectivity index (χ2n) is 5.75. The summed E-state index contributed by atoms with van der Waals surface area (Å²) in [6, 6.07) is 0.291. The molecule has 0 aromatic heterocycles. The highest BCUT2D eigenvalue weighted by atomic mass is 35.5. The van der Waals surface area contributed by atoms with Crippen molar-refractivity contribution in [2.45, 2.75) is 46.6 Å². The lowest BCUT2D eigenvalue weighted by Gasteiger charge is -2.35. The Hall–Kier alpha value is -0.280. The second kappa shape index (κ2) is 5.87. The third-order valence-corrected chi connectivity index (χ3v) is 3.52. The molecule has 1 heterocycles. The van der Waals surface area contributed by atoms with Crippen LogP contribution in [0.3, 0.4) is 0 Å². The molecule has 1 aliphatic heterocycles. The summed E-state index contributed by atoms with van der Waals surface area (Å²) in [5, 5.41) is 0. The minimum absolute atomic E-state index is 0. The maximum Gasteiger partial charge on any atom is 0.225 e. The van der Waals surface area contributed by atoms with Crippen molar-refractivity contribution in [1.29, 1.82) is 0 Å². The van der Waals surface area contributed by atoms with Gasteiger partial charge in [-0.25, -0.2) is 0 Å². The van der Waals surface area contributed by atoms with Gasteiger partial charge < -0.3 is 10.6 Å². The first kappa shape index (κ1) is 15.7. The highest BCUT2D eigenvalue weighted by molar-refractivity contribution is 5.85. The number of piperidine rings is 1. The summed E-state index contributed by atoms with van der Waals surface area (Å²) in [5.41, 5.74) is 5.87. The minimum Gasteiger partial charge on any atom is -0.342 e. The summed E-state index contributed by atoms with van der Waals surface area (Å²) >= 11 is 0. The number of hydrogen-bond acceptors (Lipinski definition) is 2. The molecule has 0 aromatic carbocycles. The molecule has 1 aliphatic rings. The lowest BCUT2D eigenvalue weighted by molar-refractivity contribution is -0.139. The van der Waals surface area contributed by atoms with Gasteiger partial charge >= 0.3 is 0 Å². The lowest BCUT2D eigenvalue weighted by Crippen LogP contribution is -2.46.